The molecule has 4 fully saturated rings. The molecule has 0 aromatic heterocycles. The first kappa shape index (κ1) is 25.4. The zero-order chi connectivity index (χ0) is 24.4. The molecular weight excluding hydrogens is 436 g/mol. The fourth-order valence-corrected chi connectivity index (χ4v) is 4.91. The third-order valence-corrected chi connectivity index (χ3v) is 6.19. The predicted molar refractivity (Wildman–Crippen MR) is 113 cm³/mol. The van der Waals surface area contributed by atoms with Gasteiger partial charge >= 0.3 is 0 Å². The van der Waals surface area contributed by atoms with Gasteiger partial charge in [-0.05, 0) is 55.4 Å². The molecule has 33 heavy (non-hydrogen) atoms. The van der Waals surface area contributed by atoms with Crippen LogP contribution in [0.25, 0.3) is 0 Å². The van der Waals surface area contributed by atoms with Crippen LogP contribution < -0.4 is 0 Å². The van der Waals surface area contributed by atoms with Crippen molar-refractivity contribution < 1.29 is 47.8 Å². The highest BCUT2D eigenvalue weighted by Crippen LogP contribution is 2.39. The topological polar surface area (TPSA) is 111 Å². The normalized spacial score (nSPS) is 42.0. The van der Waals surface area contributed by atoms with Crippen molar-refractivity contribution >= 4 is 5.78 Å². The number of carbonyl (C=O) groups excluding carboxylic acids is 1. The van der Waals surface area contributed by atoms with E-state index in [2.05, 4.69) is 0 Å². The van der Waals surface area contributed by atoms with Crippen LogP contribution in [0.2, 0.25) is 0 Å². The van der Waals surface area contributed by atoms with Gasteiger partial charge in [-0.25, -0.2) is 0 Å². The summed E-state index contributed by atoms with van der Waals surface area (Å²) >= 11 is 0. The Morgan fingerprint density at radius 2 is 1.21 bits per heavy atom. The van der Waals surface area contributed by atoms with Crippen molar-refractivity contribution in [1.82, 2.24) is 0 Å². The molecule has 0 bridgehead atoms. The van der Waals surface area contributed by atoms with E-state index in [9.17, 15) is 9.90 Å². The molecule has 190 valence electrons. The lowest BCUT2D eigenvalue weighted by molar-refractivity contribution is -0.175. The first-order valence-electron chi connectivity index (χ1n) is 11.6. The smallest absolute Gasteiger partial charge is 0.167 e. The number of aliphatic hydroxyl groups excluding tert-OH is 1. The summed E-state index contributed by atoms with van der Waals surface area (Å²) in [7, 11) is 0. The molecule has 0 unspecified atom stereocenters. The van der Waals surface area contributed by atoms with E-state index in [-0.39, 0.29) is 18.8 Å². The Morgan fingerprint density at radius 1 is 0.727 bits per heavy atom. The highest BCUT2D eigenvalue weighted by Gasteiger charge is 2.55. The summed E-state index contributed by atoms with van der Waals surface area (Å²) in [6.07, 6.45) is -5.15. The van der Waals surface area contributed by atoms with E-state index < -0.39 is 65.9 Å². The summed E-state index contributed by atoms with van der Waals surface area (Å²) in [4.78, 5) is 13.3. The molecule has 4 aliphatic rings. The van der Waals surface area contributed by atoms with Crippen LogP contribution in [0.1, 0.15) is 61.8 Å². The zero-order valence-corrected chi connectivity index (χ0v) is 20.8. The Bertz CT molecular complexity index is 748. The van der Waals surface area contributed by atoms with Gasteiger partial charge in [0.25, 0.3) is 0 Å². The van der Waals surface area contributed by atoms with Gasteiger partial charge in [-0.3, -0.25) is 4.79 Å². The summed E-state index contributed by atoms with van der Waals surface area (Å²) in [6, 6.07) is 0. The first-order valence-corrected chi connectivity index (χ1v) is 11.6. The summed E-state index contributed by atoms with van der Waals surface area (Å²) in [5, 5.41) is 11.1. The maximum atomic E-state index is 13.3. The molecule has 1 N–H and O–H groups in total. The van der Waals surface area contributed by atoms with Crippen LogP contribution in [-0.4, -0.2) is 90.0 Å². The summed E-state index contributed by atoms with van der Waals surface area (Å²) in [5.74, 6) is -3.73. The number of ketones is 1. The van der Waals surface area contributed by atoms with E-state index in [1.54, 1.807) is 27.7 Å². The van der Waals surface area contributed by atoms with Crippen LogP contribution in [0.5, 0.6) is 0 Å². The second-order valence-electron chi connectivity index (χ2n) is 11.1. The predicted octanol–water partition coefficient (Wildman–Crippen LogP) is 1.65. The van der Waals surface area contributed by atoms with E-state index in [0.29, 0.717) is 6.61 Å². The van der Waals surface area contributed by atoms with Gasteiger partial charge in [-0.1, -0.05) is 0 Å². The molecule has 4 aliphatic heterocycles. The Balaban J connectivity index is 1.45. The van der Waals surface area contributed by atoms with Gasteiger partial charge in [-0.15, -0.1) is 0 Å². The van der Waals surface area contributed by atoms with Gasteiger partial charge in [0, 0.05) is 6.42 Å². The second kappa shape index (κ2) is 8.46. The Kier molecular flexibility index (Phi) is 6.51. The van der Waals surface area contributed by atoms with E-state index in [4.69, 9.17) is 37.9 Å². The van der Waals surface area contributed by atoms with Gasteiger partial charge in [0.1, 0.15) is 36.6 Å². The molecule has 4 rings (SSSR count). The van der Waals surface area contributed by atoms with Crippen molar-refractivity contribution in [2.24, 2.45) is 0 Å². The first-order chi connectivity index (χ1) is 15.1. The lowest BCUT2D eigenvalue weighted by Crippen LogP contribution is -2.47. The van der Waals surface area contributed by atoms with Crippen LogP contribution in [0.15, 0.2) is 0 Å². The van der Waals surface area contributed by atoms with Crippen LogP contribution in [0.4, 0.5) is 0 Å². The lowest BCUT2D eigenvalue weighted by atomic mass is 9.95. The largest absolute Gasteiger partial charge is 0.390 e. The van der Waals surface area contributed by atoms with E-state index in [1.807, 2.05) is 27.7 Å². The Morgan fingerprint density at radius 3 is 1.73 bits per heavy atom. The molecule has 0 radical (unpaired) electrons. The summed E-state index contributed by atoms with van der Waals surface area (Å²) < 4.78 is 47.1. The van der Waals surface area contributed by atoms with Gasteiger partial charge in [0.05, 0.1) is 19.3 Å². The number of Topliss-reactive ketones (excluding diaryl/α,β-unsaturated/α-hetero) is 1. The van der Waals surface area contributed by atoms with Crippen LogP contribution in [0.3, 0.4) is 0 Å². The highest BCUT2D eigenvalue weighted by atomic mass is 16.8. The standard InChI is InChI=1S/C23H38O10/c1-20(2)26-10-14(28-20)18-16(30-22(5,6)32-18)12(24)9-13(25)17-19(33-23(7,8)31-17)15-11-27-21(3,4)29-15/h12,14-19,24H,9-11H2,1-8H3/t12-,14+,15-,16+,17-,18+,19-/m1/s1. The number of hydrogen-bond donors (Lipinski definition) is 1. The third-order valence-electron chi connectivity index (χ3n) is 6.19. The molecule has 0 spiro atoms. The number of aliphatic hydroxyl groups is 1. The van der Waals surface area contributed by atoms with Crippen molar-refractivity contribution in [1.29, 1.82) is 0 Å². The Hall–Kier alpha value is -0.690. The van der Waals surface area contributed by atoms with Crippen molar-refractivity contribution in [2.75, 3.05) is 13.2 Å². The molecule has 4 saturated heterocycles. The maximum absolute atomic E-state index is 13.3. The molecule has 4 heterocycles. The number of rotatable bonds is 6. The van der Waals surface area contributed by atoms with Crippen molar-refractivity contribution in [3.05, 3.63) is 0 Å². The average molecular weight is 475 g/mol. The minimum atomic E-state index is -1.14. The number of ether oxygens (including phenoxy) is 8. The van der Waals surface area contributed by atoms with Crippen LogP contribution >= 0.6 is 0 Å². The molecule has 0 saturated carbocycles. The van der Waals surface area contributed by atoms with Crippen molar-refractivity contribution in [2.45, 2.75) is 128 Å². The Labute approximate surface area is 195 Å². The lowest BCUT2D eigenvalue weighted by Gasteiger charge is -2.27. The van der Waals surface area contributed by atoms with Gasteiger partial charge in [0.2, 0.25) is 0 Å². The molecule has 7 atom stereocenters. The molecule has 0 amide bonds. The minimum Gasteiger partial charge on any atom is -0.390 e. The third kappa shape index (κ3) is 5.60. The monoisotopic (exact) mass is 474 g/mol. The van der Waals surface area contributed by atoms with Crippen LogP contribution in [0, 0.1) is 0 Å². The second-order valence-corrected chi connectivity index (χ2v) is 11.1. The van der Waals surface area contributed by atoms with E-state index >= 15 is 0 Å². The van der Waals surface area contributed by atoms with Crippen molar-refractivity contribution in [3.63, 3.8) is 0 Å². The maximum Gasteiger partial charge on any atom is 0.167 e. The van der Waals surface area contributed by atoms with Crippen molar-refractivity contribution in [3.8, 4) is 0 Å². The average Bonchev–Trinajstić information content (AvgIpc) is 3.38. The highest BCUT2D eigenvalue weighted by molar-refractivity contribution is 5.84. The molecule has 0 aromatic carbocycles. The molecule has 0 aromatic rings. The van der Waals surface area contributed by atoms with E-state index in [0.717, 1.165) is 0 Å². The fourth-order valence-electron chi connectivity index (χ4n) is 4.91. The SMILES string of the molecule is CC1(C)O[C@@H]([C@H](O)CC(=O)[C@H]2OC(C)(C)O[C@@H]2[C@H]2COC(C)(C)O2)[C@H]([C@@H]2COC(C)(C)O2)O1. The summed E-state index contributed by atoms with van der Waals surface area (Å²) in [6.45, 7) is 14.9. The summed E-state index contributed by atoms with van der Waals surface area (Å²) in [5.41, 5.74) is 0. The molecule has 10 nitrogen and oxygen atoms in total. The van der Waals surface area contributed by atoms with Gasteiger partial charge < -0.3 is 43.0 Å². The van der Waals surface area contributed by atoms with E-state index in [1.165, 1.54) is 0 Å². The molecule has 10 heteroatoms. The minimum absolute atomic E-state index is 0.199. The van der Waals surface area contributed by atoms with Gasteiger partial charge in [0.15, 0.2) is 28.9 Å². The molecule has 0 aliphatic carbocycles. The quantitative estimate of drug-likeness (QED) is 0.610. The van der Waals surface area contributed by atoms with Crippen LogP contribution in [-0.2, 0) is 42.7 Å². The molecular formula is C23H38O10. The number of hydrogen-bond acceptors (Lipinski definition) is 10. The fraction of sp³-hybridized carbons (Fsp3) is 0.957. The number of carbonyl (C=O) groups is 1. The van der Waals surface area contributed by atoms with Gasteiger partial charge in [-0.2, -0.15) is 0 Å². The zero-order valence-electron chi connectivity index (χ0n) is 20.8.